The van der Waals surface area contributed by atoms with Gasteiger partial charge in [0.1, 0.15) is 6.04 Å². The highest BCUT2D eigenvalue weighted by Gasteiger charge is 2.35. The van der Waals surface area contributed by atoms with E-state index >= 15 is 0 Å². The molecule has 1 aromatic heterocycles. The normalized spacial score (nSPS) is 15.3. The molecule has 0 saturated carbocycles. The van der Waals surface area contributed by atoms with Crippen LogP contribution in [0, 0.1) is 6.92 Å². The Morgan fingerprint density at radius 1 is 1.26 bits per heavy atom. The number of benzene rings is 2. The maximum Gasteiger partial charge on any atom is 0.252 e. The van der Waals surface area contributed by atoms with Crippen LogP contribution in [0.25, 0.3) is 11.4 Å². The van der Waals surface area contributed by atoms with Crippen LogP contribution in [0.15, 0.2) is 48.5 Å². The number of rotatable bonds is 4. The Hall–Kier alpha value is -3.19. The van der Waals surface area contributed by atoms with Gasteiger partial charge >= 0.3 is 0 Å². The van der Waals surface area contributed by atoms with Gasteiger partial charge in [0.15, 0.2) is 5.82 Å². The lowest BCUT2D eigenvalue weighted by atomic mass is 10.1. The van der Waals surface area contributed by atoms with Gasteiger partial charge in [-0.25, -0.2) is 4.68 Å². The summed E-state index contributed by atoms with van der Waals surface area (Å²) in [5.41, 5.74) is 2.34. The Morgan fingerprint density at radius 2 is 2.04 bits per heavy atom. The number of nitrogens with zero attached hydrogens (tertiary/aromatic N) is 3. The Labute approximate surface area is 160 Å². The average Bonchev–Trinajstić information content (AvgIpc) is 3.18. The predicted molar refractivity (Wildman–Crippen MR) is 103 cm³/mol. The third kappa shape index (κ3) is 3.41. The van der Waals surface area contributed by atoms with Crippen molar-refractivity contribution in [3.8, 4) is 11.4 Å². The molecule has 4 rings (SSSR count). The van der Waals surface area contributed by atoms with Crippen molar-refractivity contribution in [2.75, 3.05) is 10.6 Å². The molecule has 2 aromatic carbocycles. The maximum absolute atomic E-state index is 12.5. The molecule has 0 spiro atoms. The topological polar surface area (TPSA) is 88.9 Å². The number of amides is 2. The second-order valence-corrected chi connectivity index (χ2v) is 6.72. The molecular formula is C19H16ClN5O2. The molecule has 7 nitrogen and oxygen atoms in total. The van der Waals surface area contributed by atoms with E-state index in [-0.39, 0.29) is 18.2 Å². The molecule has 0 fully saturated rings. The highest BCUT2D eigenvalue weighted by atomic mass is 35.5. The van der Waals surface area contributed by atoms with E-state index < -0.39 is 6.04 Å². The monoisotopic (exact) mass is 381 g/mol. The van der Waals surface area contributed by atoms with Crippen LogP contribution in [0.3, 0.4) is 0 Å². The molecule has 1 unspecified atom stereocenters. The first-order valence-corrected chi connectivity index (χ1v) is 8.78. The van der Waals surface area contributed by atoms with Crippen molar-refractivity contribution in [1.82, 2.24) is 14.8 Å². The molecule has 27 heavy (non-hydrogen) atoms. The van der Waals surface area contributed by atoms with E-state index in [4.69, 9.17) is 11.6 Å². The van der Waals surface area contributed by atoms with Crippen molar-refractivity contribution in [3.63, 3.8) is 0 Å². The highest BCUT2D eigenvalue weighted by molar-refractivity contribution is 6.31. The number of carbonyl (C=O) groups excluding carboxylic acids is 2. The molecule has 1 aliphatic heterocycles. The van der Waals surface area contributed by atoms with Crippen molar-refractivity contribution < 1.29 is 9.59 Å². The van der Waals surface area contributed by atoms with Gasteiger partial charge in [0, 0.05) is 16.3 Å². The summed E-state index contributed by atoms with van der Waals surface area (Å²) in [5.74, 6) is 0.241. The quantitative estimate of drug-likeness (QED) is 0.724. The van der Waals surface area contributed by atoms with Crippen LogP contribution in [-0.4, -0.2) is 26.6 Å². The Balaban J connectivity index is 1.53. The van der Waals surface area contributed by atoms with Crippen molar-refractivity contribution in [3.05, 3.63) is 59.1 Å². The number of hydrogen-bond acceptors (Lipinski definition) is 4. The molecule has 3 aromatic rings. The van der Waals surface area contributed by atoms with E-state index in [0.29, 0.717) is 22.5 Å². The number of hydrogen-bond donors (Lipinski definition) is 2. The van der Waals surface area contributed by atoms with Crippen LogP contribution in [0.2, 0.25) is 5.02 Å². The molecule has 1 atom stereocenters. The third-order valence-electron chi connectivity index (χ3n) is 4.35. The fourth-order valence-corrected chi connectivity index (χ4v) is 3.10. The zero-order chi connectivity index (χ0) is 19.0. The second-order valence-electron chi connectivity index (χ2n) is 6.29. The first-order valence-electron chi connectivity index (χ1n) is 8.40. The summed E-state index contributed by atoms with van der Waals surface area (Å²) in [5, 5.41) is 10.4. The first kappa shape index (κ1) is 17.2. The summed E-state index contributed by atoms with van der Waals surface area (Å²) >= 11 is 5.98. The van der Waals surface area contributed by atoms with E-state index in [1.807, 2.05) is 43.3 Å². The number of fused-ring (bicyclic) bond motifs is 1. The summed E-state index contributed by atoms with van der Waals surface area (Å²) < 4.78 is 1.47. The molecule has 0 aliphatic carbocycles. The van der Waals surface area contributed by atoms with Crippen molar-refractivity contribution in [2.45, 2.75) is 19.4 Å². The first-order chi connectivity index (χ1) is 13.0. The largest absolute Gasteiger partial charge is 0.326 e. The summed E-state index contributed by atoms with van der Waals surface area (Å²) in [6.45, 7) is 1.87. The minimum Gasteiger partial charge on any atom is -0.326 e. The van der Waals surface area contributed by atoms with E-state index in [1.165, 1.54) is 4.68 Å². The number of aryl methyl sites for hydroxylation is 1. The molecule has 0 radical (unpaired) electrons. The van der Waals surface area contributed by atoms with Crippen molar-refractivity contribution in [1.29, 1.82) is 0 Å². The van der Waals surface area contributed by atoms with E-state index in [1.54, 1.807) is 12.1 Å². The zero-order valence-electron chi connectivity index (χ0n) is 14.4. The molecule has 0 saturated heterocycles. The van der Waals surface area contributed by atoms with E-state index in [9.17, 15) is 9.59 Å². The van der Waals surface area contributed by atoms with Crippen molar-refractivity contribution >= 4 is 35.1 Å². The fraction of sp³-hybridized carbons (Fsp3) is 0.158. The summed E-state index contributed by atoms with van der Waals surface area (Å²) in [7, 11) is 0. The van der Waals surface area contributed by atoms with Crippen LogP contribution in [-0.2, 0) is 9.59 Å². The lowest BCUT2D eigenvalue weighted by molar-refractivity contribution is -0.123. The van der Waals surface area contributed by atoms with Gasteiger partial charge in [-0.3, -0.25) is 14.9 Å². The predicted octanol–water partition coefficient (Wildman–Crippen LogP) is 3.43. The van der Waals surface area contributed by atoms with E-state index in [2.05, 4.69) is 20.7 Å². The summed E-state index contributed by atoms with van der Waals surface area (Å²) in [6, 6.07) is 14.0. The lowest BCUT2D eigenvalue weighted by Gasteiger charge is -2.11. The smallest absolute Gasteiger partial charge is 0.252 e. The molecule has 136 valence electrons. The maximum atomic E-state index is 12.5. The van der Waals surface area contributed by atoms with Gasteiger partial charge in [0.2, 0.25) is 11.9 Å². The van der Waals surface area contributed by atoms with Crippen LogP contribution in [0.1, 0.15) is 18.0 Å². The SMILES string of the molecule is Cc1ccc(Cl)cc1NC(=O)CC1C(=O)Nc2nc(-c3ccccc3)nn21. The molecule has 0 bridgehead atoms. The highest BCUT2D eigenvalue weighted by Crippen LogP contribution is 2.29. The van der Waals surface area contributed by atoms with Gasteiger partial charge in [-0.05, 0) is 24.6 Å². The fourth-order valence-electron chi connectivity index (χ4n) is 2.92. The Kier molecular flexibility index (Phi) is 4.37. The van der Waals surface area contributed by atoms with Gasteiger partial charge in [0.25, 0.3) is 5.91 Å². The number of halogens is 1. The average molecular weight is 382 g/mol. The minimum absolute atomic E-state index is 0.0532. The van der Waals surface area contributed by atoms with Gasteiger partial charge in [0.05, 0.1) is 6.42 Å². The number of nitrogens with one attached hydrogen (secondary N) is 2. The van der Waals surface area contributed by atoms with Crippen molar-refractivity contribution in [2.24, 2.45) is 0 Å². The molecule has 8 heteroatoms. The number of anilines is 2. The Morgan fingerprint density at radius 3 is 2.81 bits per heavy atom. The minimum atomic E-state index is -0.746. The standard InChI is InChI=1S/C19H16ClN5O2/c1-11-7-8-13(20)9-14(11)21-16(26)10-15-18(27)23-19-22-17(24-25(15)19)12-5-3-2-4-6-12/h2-9,15H,10H2,1H3,(H,21,26)(H,22,23,24,27). The second kappa shape index (κ2) is 6.85. The van der Waals surface area contributed by atoms with E-state index in [0.717, 1.165) is 11.1 Å². The van der Waals surface area contributed by atoms with Crippen LogP contribution in [0.5, 0.6) is 0 Å². The molecular weight excluding hydrogens is 366 g/mol. The van der Waals surface area contributed by atoms with Gasteiger partial charge in [-0.1, -0.05) is 48.0 Å². The Bertz CT molecular complexity index is 1030. The zero-order valence-corrected chi connectivity index (χ0v) is 15.2. The van der Waals surface area contributed by atoms with Crippen LogP contribution in [0.4, 0.5) is 11.6 Å². The number of carbonyl (C=O) groups is 2. The van der Waals surface area contributed by atoms with Crippen LogP contribution < -0.4 is 10.6 Å². The molecule has 2 heterocycles. The third-order valence-corrected chi connectivity index (χ3v) is 4.58. The van der Waals surface area contributed by atoms with Gasteiger partial charge in [-0.15, -0.1) is 5.10 Å². The van der Waals surface area contributed by atoms with Gasteiger partial charge in [-0.2, -0.15) is 4.98 Å². The molecule has 1 aliphatic rings. The van der Waals surface area contributed by atoms with Crippen LogP contribution >= 0.6 is 11.6 Å². The molecule has 2 N–H and O–H groups in total. The lowest BCUT2D eigenvalue weighted by Crippen LogP contribution is -2.24. The summed E-state index contributed by atoms with van der Waals surface area (Å²) in [4.78, 5) is 29.1. The molecule has 2 amide bonds. The van der Waals surface area contributed by atoms with Gasteiger partial charge < -0.3 is 5.32 Å². The summed E-state index contributed by atoms with van der Waals surface area (Å²) in [6.07, 6.45) is -0.0532. The number of aromatic nitrogens is 3.